The number of nitrogens with one attached hydrogen (secondary N) is 1. The molecule has 1 N–H and O–H groups in total. The van der Waals surface area contributed by atoms with Crippen LogP contribution in [-0.2, 0) is 6.18 Å². The van der Waals surface area contributed by atoms with Crippen molar-refractivity contribution in [2.45, 2.75) is 13.1 Å². The number of nitrogens with zero attached hydrogens (tertiary/aromatic N) is 3. The number of hydrazone groups is 1. The summed E-state index contributed by atoms with van der Waals surface area (Å²) in [7, 11) is 3.02. The summed E-state index contributed by atoms with van der Waals surface area (Å²) < 4.78 is 50.5. The van der Waals surface area contributed by atoms with Gasteiger partial charge in [0.1, 0.15) is 0 Å². The Kier molecular flexibility index (Phi) is 6.65. The Morgan fingerprint density at radius 1 is 0.968 bits per heavy atom. The van der Waals surface area contributed by atoms with Gasteiger partial charge in [0.05, 0.1) is 25.6 Å². The summed E-state index contributed by atoms with van der Waals surface area (Å²) in [5.41, 5.74) is 3.12. The van der Waals surface area contributed by atoms with E-state index in [4.69, 9.17) is 21.1 Å². The molecule has 0 atom stereocenters. The van der Waals surface area contributed by atoms with Crippen LogP contribution in [0.3, 0.4) is 0 Å². The van der Waals surface area contributed by atoms with Crippen molar-refractivity contribution >= 4 is 23.3 Å². The van der Waals surface area contributed by atoms with E-state index in [0.29, 0.717) is 33.4 Å². The van der Waals surface area contributed by atoms with Gasteiger partial charge >= 0.3 is 6.18 Å². The zero-order valence-electron chi connectivity index (χ0n) is 16.8. The number of anilines is 1. The SMILES string of the molecule is COc1ccc(C(C)=NNc2nc(-c3ccc(Cl)cc3)cc(C(F)(F)F)n2)cc1OC. The summed E-state index contributed by atoms with van der Waals surface area (Å²) in [6, 6.07) is 12.3. The predicted molar refractivity (Wildman–Crippen MR) is 113 cm³/mol. The number of halogens is 4. The van der Waals surface area contributed by atoms with Crippen LogP contribution in [0.15, 0.2) is 53.6 Å². The van der Waals surface area contributed by atoms with E-state index in [-0.39, 0.29) is 11.6 Å². The predicted octanol–water partition coefficient (Wildman–Crippen LogP) is 5.67. The van der Waals surface area contributed by atoms with E-state index in [0.717, 1.165) is 6.07 Å². The standard InChI is InChI=1S/C21H18ClF3N4O2/c1-12(14-6-9-17(30-2)18(10-14)31-3)28-29-20-26-16(11-19(27-20)21(23,24)25)13-4-7-15(22)8-5-13/h4-11H,1-3H3,(H,26,27,29). The van der Waals surface area contributed by atoms with Gasteiger partial charge in [-0.3, -0.25) is 0 Å². The van der Waals surface area contributed by atoms with Crippen LogP contribution in [-0.4, -0.2) is 29.9 Å². The highest BCUT2D eigenvalue weighted by Crippen LogP contribution is 2.32. The first-order valence-corrected chi connectivity index (χ1v) is 9.34. The highest BCUT2D eigenvalue weighted by atomic mass is 35.5. The first kappa shape index (κ1) is 22.4. The maximum atomic E-state index is 13.3. The average Bonchev–Trinajstić information content (AvgIpc) is 2.76. The Morgan fingerprint density at radius 2 is 1.65 bits per heavy atom. The molecule has 6 nitrogen and oxygen atoms in total. The second-order valence-corrected chi connectivity index (χ2v) is 6.78. The molecule has 1 heterocycles. The number of methoxy groups -OCH3 is 2. The third-order valence-electron chi connectivity index (χ3n) is 4.28. The summed E-state index contributed by atoms with van der Waals surface area (Å²) in [5.74, 6) is 0.746. The summed E-state index contributed by atoms with van der Waals surface area (Å²) in [5, 5.41) is 4.58. The number of aromatic nitrogens is 2. The van der Waals surface area contributed by atoms with E-state index >= 15 is 0 Å². The van der Waals surface area contributed by atoms with Gasteiger partial charge in [-0.1, -0.05) is 23.7 Å². The van der Waals surface area contributed by atoms with Gasteiger partial charge in [0.2, 0.25) is 5.95 Å². The molecule has 0 aliphatic carbocycles. The zero-order valence-corrected chi connectivity index (χ0v) is 17.5. The Morgan fingerprint density at radius 3 is 2.26 bits per heavy atom. The topological polar surface area (TPSA) is 68.6 Å². The van der Waals surface area contributed by atoms with Crippen molar-refractivity contribution in [2.24, 2.45) is 5.10 Å². The number of hydrogen-bond donors (Lipinski definition) is 1. The fraction of sp³-hybridized carbons (Fsp3) is 0.190. The summed E-state index contributed by atoms with van der Waals surface area (Å²) in [6.07, 6.45) is -4.65. The third kappa shape index (κ3) is 5.43. The van der Waals surface area contributed by atoms with E-state index in [9.17, 15) is 13.2 Å². The summed E-state index contributed by atoms with van der Waals surface area (Å²) in [6.45, 7) is 1.68. The minimum absolute atomic E-state index is 0.0838. The normalized spacial score (nSPS) is 11.9. The largest absolute Gasteiger partial charge is 0.493 e. The number of benzene rings is 2. The van der Waals surface area contributed by atoms with Crippen LogP contribution in [0.25, 0.3) is 11.3 Å². The van der Waals surface area contributed by atoms with Crippen molar-refractivity contribution in [3.8, 4) is 22.8 Å². The molecule has 0 saturated carbocycles. The van der Waals surface area contributed by atoms with Gasteiger partial charge in [-0.05, 0) is 43.3 Å². The average molecular weight is 451 g/mol. The number of alkyl halides is 3. The monoisotopic (exact) mass is 450 g/mol. The fourth-order valence-corrected chi connectivity index (χ4v) is 2.80. The zero-order chi connectivity index (χ0) is 22.6. The van der Waals surface area contributed by atoms with Crippen LogP contribution in [0.1, 0.15) is 18.2 Å². The molecule has 3 rings (SSSR count). The lowest BCUT2D eigenvalue weighted by molar-refractivity contribution is -0.141. The molecule has 0 amide bonds. The van der Waals surface area contributed by atoms with Gasteiger partial charge in [-0.25, -0.2) is 15.4 Å². The number of ether oxygens (including phenoxy) is 2. The molecule has 0 aliphatic rings. The van der Waals surface area contributed by atoms with Gasteiger partial charge in [-0.2, -0.15) is 18.3 Å². The second-order valence-electron chi connectivity index (χ2n) is 6.35. The lowest BCUT2D eigenvalue weighted by Gasteiger charge is -2.11. The Labute approximate surface area is 181 Å². The van der Waals surface area contributed by atoms with Crippen molar-refractivity contribution in [1.29, 1.82) is 0 Å². The minimum Gasteiger partial charge on any atom is -0.493 e. The van der Waals surface area contributed by atoms with Crippen molar-refractivity contribution in [2.75, 3.05) is 19.6 Å². The molecule has 2 aromatic carbocycles. The van der Waals surface area contributed by atoms with Gasteiger partial charge in [0, 0.05) is 16.1 Å². The molecular formula is C21H18ClF3N4O2. The van der Waals surface area contributed by atoms with E-state index in [1.54, 1.807) is 49.4 Å². The molecule has 31 heavy (non-hydrogen) atoms. The number of rotatable bonds is 6. The smallest absolute Gasteiger partial charge is 0.433 e. The first-order valence-electron chi connectivity index (χ1n) is 8.96. The number of hydrogen-bond acceptors (Lipinski definition) is 6. The van der Waals surface area contributed by atoms with Crippen molar-refractivity contribution in [3.05, 3.63) is 64.8 Å². The van der Waals surface area contributed by atoms with Crippen molar-refractivity contribution in [3.63, 3.8) is 0 Å². The van der Waals surface area contributed by atoms with Crippen LogP contribution >= 0.6 is 11.6 Å². The maximum absolute atomic E-state index is 13.3. The molecule has 0 aliphatic heterocycles. The quantitative estimate of drug-likeness (QED) is 0.387. The molecule has 0 unspecified atom stereocenters. The van der Waals surface area contributed by atoms with Gasteiger partial charge in [0.15, 0.2) is 17.2 Å². The highest BCUT2D eigenvalue weighted by molar-refractivity contribution is 6.30. The molecule has 3 aromatic rings. The van der Waals surface area contributed by atoms with Gasteiger partial charge in [-0.15, -0.1) is 0 Å². The van der Waals surface area contributed by atoms with E-state index in [2.05, 4.69) is 20.5 Å². The maximum Gasteiger partial charge on any atom is 0.433 e. The summed E-state index contributed by atoms with van der Waals surface area (Å²) in [4.78, 5) is 7.71. The Hall–Kier alpha value is -3.33. The molecular weight excluding hydrogens is 433 g/mol. The molecule has 162 valence electrons. The van der Waals surface area contributed by atoms with Gasteiger partial charge < -0.3 is 9.47 Å². The van der Waals surface area contributed by atoms with Gasteiger partial charge in [0.25, 0.3) is 0 Å². The molecule has 1 aromatic heterocycles. The van der Waals surface area contributed by atoms with Crippen molar-refractivity contribution < 1.29 is 22.6 Å². The lowest BCUT2D eigenvalue weighted by Crippen LogP contribution is -2.12. The molecule has 0 bridgehead atoms. The highest BCUT2D eigenvalue weighted by Gasteiger charge is 2.33. The van der Waals surface area contributed by atoms with Crippen LogP contribution in [0, 0.1) is 0 Å². The Balaban J connectivity index is 1.94. The minimum atomic E-state index is -4.65. The first-order chi connectivity index (χ1) is 14.7. The Bertz CT molecular complexity index is 1100. The van der Waals surface area contributed by atoms with Crippen LogP contribution in [0.5, 0.6) is 11.5 Å². The van der Waals surface area contributed by atoms with Crippen LogP contribution in [0.4, 0.5) is 19.1 Å². The molecule has 0 spiro atoms. The fourth-order valence-electron chi connectivity index (χ4n) is 2.67. The lowest BCUT2D eigenvalue weighted by atomic mass is 10.1. The van der Waals surface area contributed by atoms with Crippen LogP contribution < -0.4 is 14.9 Å². The van der Waals surface area contributed by atoms with E-state index < -0.39 is 11.9 Å². The molecule has 10 heteroatoms. The molecule has 0 fully saturated rings. The van der Waals surface area contributed by atoms with Crippen molar-refractivity contribution in [1.82, 2.24) is 9.97 Å². The molecule has 0 radical (unpaired) electrons. The molecule has 0 saturated heterocycles. The second kappa shape index (κ2) is 9.22. The summed E-state index contributed by atoms with van der Waals surface area (Å²) >= 11 is 5.86. The third-order valence-corrected chi connectivity index (χ3v) is 4.53. The van der Waals surface area contributed by atoms with E-state index in [1.165, 1.54) is 14.2 Å². The van der Waals surface area contributed by atoms with Crippen LogP contribution in [0.2, 0.25) is 5.02 Å². The van der Waals surface area contributed by atoms with E-state index in [1.807, 2.05) is 0 Å².